The van der Waals surface area contributed by atoms with Crippen LogP contribution in [0.1, 0.15) is 89.6 Å². The molecule has 0 radical (unpaired) electrons. The van der Waals surface area contributed by atoms with Gasteiger partial charge in [0.05, 0.1) is 5.56 Å². The van der Waals surface area contributed by atoms with Crippen LogP contribution in [0.25, 0.3) is 10.8 Å². The molecule has 0 spiro atoms. The van der Waals surface area contributed by atoms with Crippen molar-refractivity contribution in [3.63, 3.8) is 0 Å². The Labute approximate surface area is 420 Å². The molecule has 1 heterocycles. The summed E-state index contributed by atoms with van der Waals surface area (Å²) < 4.78 is 13.3. The van der Waals surface area contributed by atoms with Crippen molar-refractivity contribution in [1.29, 1.82) is 0 Å². The molecule has 1 aromatic heterocycles. The third-order valence-electron chi connectivity index (χ3n) is 11.2. The van der Waals surface area contributed by atoms with Crippen molar-refractivity contribution in [2.24, 2.45) is 0 Å². The minimum absolute atomic E-state index is 0.0241. The van der Waals surface area contributed by atoms with Gasteiger partial charge in [0.2, 0.25) is 23.7 Å². The lowest BCUT2D eigenvalue weighted by Crippen LogP contribution is -2.53. The van der Waals surface area contributed by atoms with E-state index in [1.165, 1.54) is 24.3 Å². The number of nitrogens with zero attached hydrogens (tertiary/aromatic N) is 1. The lowest BCUT2D eigenvalue weighted by molar-refractivity contribution is -0.141. The average Bonchev–Trinajstić information content (AvgIpc) is 3.35. The summed E-state index contributed by atoms with van der Waals surface area (Å²) in [7, 11) is 0. The summed E-state index contributed by atoms with van der Waals surface area (Å²) in [6, 6.07) is 12.6. The number of aliphatic carboxylic acids is 5. The fraction of sp³-hybridized carbons (Fsp3) is 0.347. The molecule has 0 aliphatic rings. The molecular weight excluding hydrogens is 975 g/mol. The Hall–Kier alpha value is -9.03. The summed E-state index contributed by atoms with van der Waals surface area (Å²) in [6.45, 7) is -0.156. The third kappa shape index (κ3) is 19.6. The van der Waals surface area contributed by atoms with Crippen LogP contribution in [0.3, 0.4) is 0 Å². The van der Waals surface area contributed by atoms with Gasteiger partial charge in [-0.2, -0.15) is 4.39 Å². The zero-order valence-corrected chi connectivity index (χ0v) is 39.5. The van der Waals surface area contributed by atoms with Gasteiger partial charge in [0.1, 0.15) is 30.2 Å². The zero-order valence-electron chi connectivity index (χ0n) is 39.5. The minimum atomic E-state index is -1.58. The number of hydrogen-bond donors (Lipinski definition) is 12. The van der Waals surface area contributed by atoms with Gasteiger partial charge in [0.25, 0.3) is 11.8 Å². The van der Waals surface area contributed by atoms with Gasteiger partial charge < -0.3 is 62.8 Å². The SMILES string of the molecule is O=C(O)CCC(NC(=O)N[C@@H](CCCCNC(=O)[C@H](Cc1ccc2ccccc2c1)NC(=O)c1ccc(CNC(=O)[C@H](CCC(=O)O)NC(=O)[C@H](CCC(=O)O)NC(=O)c2ccc([18F])nc2)cc1)C(=O)O)C(=O)O. The molecule has 3 aromatic carbocycles. The maximum atomic E-state index is 13.7. The van der Waals surface area contributed by atoms with Crippen LogP contribution in [0.2, 0.25) is 0 Å². The van der Waals surface area contributed by atoms with Gasteiger partial charge in [-0.3, -0.25) is 38.4 Å². The fourth-order valence-corrected chi connectivity index (χ4v) is 7.18. The second-order valence-electron chi connectivity index (χ2n) is 16.8. The summed E-state index contributed by atoms with van der Waals surface area (Å²) in [5.41, 5.74) is 1.12. The highest BCUT2D eigenvalue weighted by Gasteiger charge is 2.29. The van der Waals surface area contributed by atoms with E-state index >= 15 is 0 Å². The van der Waals surface area contributed by atoms with Crippen molar-refractivity contribution in [2.75, 3.05) is 6.54 Å². The highest BCUT2D eigenvalue weighted by molar-refractivity contribution is 5.99. The summed E-state index contributed by atoms with van der Waals surface area (Å²) in [5, 5.41) is 65.2. The summed E-state index contributed by atoms with van der Waals surface area (Å²) >= 11 is 0. The number of carbonyl (C=O) groups excluding carboxylic acids is 6. The normalized spacial score (nSPS) is 12.8. The number of amides is 7. The summed E-state index contributed by atoms with van der Waals surface area (Å²) in [5.74, 6) is -11.7. The van der Waals surface area contributed by atoms with Crippen LogP contribution in [0.4, 0.5) is 9.18 Å². The third-order valence-corrected chi connectivity index (χ3v) is 11.2. The Morgan fingerprint density at radius 1 is 0.486 bits per heavy atom. The molecule has 4 aromatic rings. The van der Waals surface area contributed by atoms with Crippen LogP contribution >= 0.6 is 0 Å². The molecule has 394 valence electrons. The molecule has 12 N–H and O–H groups in total. The number of rotatable bonds is 30. The van der Waals surface area contributed by atoms with E-state index in [1.807, 2.05) is 41.7 Å². The molecule has 0 fully saturated rings. The van der Waals surface area contributed by atoms with E-state index in [2.05, 4.69) is 36.9 Å². The van der Waals surface area contributed by atoms with Gasteiger partial charge >= 0.3 is 35.9 Å². The minimum Gasteiger partial charge on any atom is -0.481 e. The number of benzene rings is 3. The average molecular weight is 1030 g/mol. The maximum Gasteiger partial charge on any atom is 0.326 e. The predicted octanol–water partition coefficient (Wildman–Crippen LogP) is 1.70. The molecule has 0 bridgehead atoms. The molecule has 1 unspecified atom stereocenters. The molecule has 5 atom stereocenters. The first-order valence-corrected chi connectivity index (χ1v) is 23.0. The standard InChI is InChI=1S/C49H55FN8O16/c50-38-18-14-32(26-52-38)43(66)54-34(16-20-40(61)62)46(69)55-33(15-19-39(59)60)44(67)53-25-27-8-12-30(13-9-27)42(65)56-37(24-28-10-11-29-5-1-2-6-31(29)23-28)45(68)51-22-4-3-7-35(47(70)71)57-49(74)58-36(48(72)73)17-21-41(63)64/h1-2,5-6,8-14,18,23,26,33-37H,3-4,7,15-17,19-22,24-25H2,(H,51,68)(H,53,67)(H,54,66)(H,55,69)(H,56,65)(H,59,60)(H,61,62)(H,63,64)(H,70,71)(H,72,73)(H2,57,58,74)/t33-,34-,35-,36?,37-/m0/s1/i50-1. The molecular formula is C49H55FN8O16. The van der Waals surface area contributed by atoms with Crippen LogP contribution in [-0.4, -0.2) is 133 Å². The van der Waals surface area contributed by atoms with Gasteiger partial charge in [-0.05, 0) is 84.7 Å². The number of carbonyl (C=O) groups is 11. The Morgan fingerprint density at radius 3 is 1.58 bits per heavy atom. The monoisotopic (exact) mass is 1030 g/mol. The Morgan fingerprint density at radius 2 is 1.00 bits per heavy atom. The number of pyridine rings is 1. The molecule has 0 saturated carbocycles. The smallest absolute Gasteiger partial charge is 0.326 e. The van der Waals surface area contributed by atoms with Crippen LogP contribution in [0, 0.1) is 5.95 Å². The second kappa shape index (κ2) is 28.7. The van der Waals surface area contributed by atoms with Gasteiger partial charge in [-0.25, -0.2) is 19.4 Å². The van der Waals surface area contributed by atoms with E-state index in [-0.39, 0.29) is 49.9 Å². The van der Waals surface area contributed by atoms with Crippen LogP contribution in [0.15, 0.2) is 85.1 Å². The quantitative estimate of drug-likeness (QED) is 0.0261. The fourth-order valence-electron chi connectivity index (χ4n) is 7.18. The summed E-state index contributed by atoms with van der Waals surface area (Å²) in [6.07, 6.45) is -1.76. The molecule has 74 heavy (non-hydrogen) atoms. The highest BCUT2D eigenvalue weighted by atomic mass is 18.2. The number of carboxylic acid groups (broad SMARTS) is 5. The van der Waals surface area contributed by atoms with Gasteiger partial charge in [0.15, 0.2) is 0 Å². The summed E-state index contributed by atoms with van der Waals surface area (Å²) in [4.78, 5) is 140. The van der Waals surface area contributed by atoms with Crippen molar-refractivity contribution in [3.05, 3.63) is 113 Å². The van der Waals surface area contributed by atoms with E-state index in [0.29, 0.717) is 11.1 Å². The molecule has 4 rings (SSSR count). The number of unbranched alkanes of at least 4 members (excludes halogenated alkanes) is 1. The molecule has 7 amide bonds. The number of carboxylic acids is 5. The lowest BCUT2D eigenvalue weighted by atomic mass is 10.0. The molecule has 0 saturated heterocycles. The second-order valence-corrected chi connectivity index (χ2v) is 16.8. The molecule has 0 aliphatic heterocycles. The predicted molar refractivity (Wildman–Crippen MR) is 257 cm³/mol. The van der Waals surface area contributed by atoms with E-state index in [0.717, 1.165) is 29.1 Å². The van der Waals surface area contributed by atoms with E-state index in [1.54, 1.807) is 6.07 Å². The van der Waals surface area contributed by atoms with Crippen LogP contribution < -0.4 is 37.2 Å². The van der Waals surface area contributed by atoms with Crippen molar-refractivity contribution < 1.29 is 82.7 Å². The van der Waals surface area contributed by atoms with Crippen molar-refractivity contribution in [1.82, 2.24) is 42.2 Å². The van der Waals surface area contributed by atoms with Gasteiger partial charge in [-0.15, -0.1) is 0 Å². The number of urea groups is 1. The number of aromatic nitrogens is 1. The van der Waals surface area contributed by atoms with Crippen LogP contribution in [0.5, 0.6) is 0 Å². The number of nitrogens with one attached hydrogen (secondary N) is 7. The highest BCUT2D eigenvalue weighted by Crippen LogP contribution is 2.18. The van der Waals surface area contributed by atoms with Crippen molar-refractivity contribution >= 4 is 76.2 Å². The molecule has 25 heteroatoms. The molecule has 0 aliphatic carbocycles. The van der Waals surface area contributed by atoms with Crippen molar-refractivity contribution in [3.8, 4) is 0 Å². The maximum absolute atomic E-state index is 13.7. The largest absolute Gasteiger partial charge is 0.481 e. The van der Waals surface area contributed by atoms with E-state index in [9.17, 15) is 77.6 Å². The number of halogens is 1. The van der Waals surface area contributed by atoms with E-state index < -0.39 is 140 Å². The molecule has 24 nitrogen and oxygen atoms in total. The lowest BCUT2D eigenvalue weighted by Gasteiger charge is -2.23. The Kier molecular flexibility index (Phi) is 22.3. The first-order chi connectivity index (χ1) is 35.2. The van der Waals surface area contributed by atoms with Crippen LogP contribution in [-0.2, 0) is 51.3 Å². The van der Waals surface area contributed by atoms with Gasteiger partial charge in [0, 0.05) is 50.5 Å². The zero-order chi connectivity index (χ0) is 54.3. The van der Waals surface area contributed by atoms with E-state index in [4.69, 9.17) is 5.11 Å². The number of hydrogen-bond acceptors (Lipinski definition) is 12. The topological polar surface area (TPSA) is 386 Å². The number of fused-ring (bicyclic) bond motifs is 1. The first-order valence-electron chi connectivity index (χ1n) is 23.0. The Bertz CT molecular complexity index is 2690. The van der Waals surface area contributed by atoms with Crippen molar-refractivity contribution in [2.45, 2.75) is 101 Å². The first kappa shape index (κ1) is 57.5. The van der Waals surface area contributed by atoms with Gasteiger partial charge in [-0.1, -0.05) is 54.6 Å². The Balaban J connectivity index is 1.38.